The van der Waals surface area contributed by atoms with Crippen LogP contribution in [0.1, 0.15) is 29.0 Å². The molecule has 2 N–H and O–H groups in total. The zero-order valence-electron chi connectivity index (χ0n) is 25.6. The molecule has 2 atom stereocenters. The molecule has 1 aliphatic rings. The third kappa shape index (κ3) is 5.08. The quantitative estimate of drug-likeness (QED) is 0.201. The Morgan fingerprint density at radius 2 is 1.19 bits per heavy atom. The van der Waals surface area contributed by atoms with Crippen molar-refractivity contribution in [1.82, 2.24) is 10.6 Å². The molecule has 1 aromatic heterocycles. The number of aliphatic imine (C=N–C) groups is 1. The molecule has 224 valence electrons. The number of thiophene rings is 1. The van der Waals surface area contributed by atoms with Gasteiger partial charge in [-0.15, -0.1) is 11.3 Å². The number of nitrogens with zero attached hydrogens (tertiary/aromatic N) is 1. The van der Waals surface area contributed by atoms with Gasteiger partial charge in [0.25, 0.3) is 0 Å². The van der Waals surface area contributed by atoms with Gasteiger partial charge in [-0.1, -0.05) is 146 Å². The van der Waals surface area contributed by atoms with Gasteiger partial charge in [-0.05, 0) is 62.4 Å². The van der Waals surface area contributed by atoms with Crippen LogP contribution in [0.5, 0.6) is 0 Å². The van der Waals surface area contributed by atoms with E-state index in [4.69, 9.17) is 4.99 Å². The Bertz CT molecular complexity index is 2410. The predicted octanol–water partition coefficient (Wildman–Crippen LogP) is 10.9. The average Bonchev–Trinajstić information content (AvgIpc) is 3.53. The molecule has 0 saturated heterocycles. The molecule has 2 unspecified atom stereocenters. The lowest BCUT2D eigenvalue weighted by atomic mass is 9.96. The monoisotopic (exact) mass is 621 g/mol. The van der Waals surface area contributed by atoms with Gasteiger partial charge >= 0.3 is 0 Å². The Morgan fingerprint density at radius 3 is 2.02 bits per heavy atom. The summed E-state index contributed by atoms with van der Waals surface area (Å²) in [6.07, 6.45) is -0.364. The first-order valence-corrected chi connectivity index (χ1v) is 16.8. The normalized spacial score (nSPS) is 16.3. The van der Waals surface area contributed by atoms with E-state index in [2.05, 4.69) is 168 Å². The van der Waals surface area contributed by atoms with E-state index in [1.165, 1.54) is 58.8 Å². The first-order chi connectivity index (χ1) is 23.3. The predicted molar refractivity (Wildman–Crippen MR) is 199 cm³/mol. The van der Waals surface area contributed by atoms with E-state index in [1.54, 1.807) is 0 Å². The van der Waals surface area contributed by atoms with Gasteiger partial charge in [0, 0.05) is 25.7 Å². The van der Waals surface area contributed by atoms with Crippen molar-refractivity contribution in [1.29, 1.82) is 0 Å². The minimum absolute atomic E-state index is 0.149. The van der Waals surface area contributed by atoms with Crippen molar-refractivity contribution in [2.24, 2.45) is 4.99 Å². The van der Waals surface area contributed by atoms with Crippen LogP contribution in [0.2, 0.25) is 0 Å². The van der Waals surface area contributed by atoms with Crippen molar-refractivity contribution >= 4 is 48.1 Å². The van der Waals surface area contributed by atoms with E-state index in [-0.39, 0.29) is 12.3 Å². The van der Waals surface area contributed by atoms with Crippen LogP contribution in [-0.2, 0) is 0 Å². The van der Waals surface area contributed by atoms with Gasteiger partial charge in [0.2, 0.25) is 0 Å². The fraction of sp³-hybridized carbons (Fsp3) is 0.0465. The van der Waals surface area contributed by atoms with Gasteiger partial charge in [0.05, 0.1) is 0 Å². The molecule has 0 radical (unpaired) electrons. The van der Waals surface area contributed by atoms with E-state index in [0.29, 0.717) is 0 Å². The fourth-order valence-electron chi connectivity index (χ4n) is 6.86. The largest absolute Gasteiger partial charge is 0.350 e. The third-order valence-electron chi connectivity index (χ3n) is 9.18. The Morgan fingerprint density at radius 1 is 0.511 bits per heavy atom. The highest BCUT2D eigenvalue weighted by molar-refractivity contribution is 7.25. The lowest BCUT2D eigenvalue weighted by molar-refractivity contribution is 0.411. The topological polar surface area (TPSA) is 36.4 Å². The summed E-state index contributed by atoms with van der Waals surface area (Å²) in [4.78, 5) is 5.21. The number of nitrogens with one attached hydrogen (secondary N) is 2. The van der Waals surface area contributed by atoms with Crippen LogP contribution in [0.3, 0.4) is 0 Å². The fourth-order valence-corrected chi connectivity index (χ4v) is 7.98. The van der Waals surface area contributed by atoms with E-state index in [0.717, 1.165) is 17.0 Å². The van der Waals surface area contributed by atoms with Gasteiger partial charge in [0.15, 0.2) is 0 Å². The van der Waals surface area contributed by atoms with Gasteiger partial charge in [-0.2, -0.15) is 0 Å². The SMILES string of the molecule is c1ccc(C2=NC(c3ccc(-c4ccccc4)cc3)NC(c3cccc4sc5ccc(-c6cccc7ccccc67)cc5c34)N2)cc1. The molecule has 0 bridgehead atoms. The van der Waals surface area contributed by atoms with Crippen LogP contribution in [0.25, 0.3) is 53.2 Å². The van der Waals surface area contributed by atoms with Crippen LogP contribution in [0, 0.1) is 0 Å². The van der Waals surface area contributed by atoms with Gasteiger partial charge in [-0.25, -0.2) is 4.99 Å². The number of hydrogen-bond donors (Lipinski definition) is 2. The summed E-state index contributed by atoms with van der Waals surface area (Å²) < 4.78 is 2.57. The van der Waals surface area contributed by atoms with Crippen LogP contribution in [0.15, 0.2) is 169 Å². The summed E-state index contributed by atoms with van der Waals surface area (Å²) in [6.45, 7) is 0. The minimum atomic E-state index is -0.215. The van der Waals surface area contributed by atoms with Crippen molar-refractivity contribution < 1.29 is 0 Å². The van der Waals surface area contributed by atoms with Crippen molar-refractivity contribution in [3.05, 3.63) is 180 Å². The molecule has 4 heteroatoms. The van der Waals surface area contributed by atoms with E-state index in [9.17, 15) is 0 Å². The molecule has 0 saturated carbocycles. The zero-order valence-corrected chi connectivity index (χ0v) is 26.4. The smallest absolute Gasteiger partial charge is 0.131 e. The second-order valence-electron chi connectivity index (χ2n) is 12.0. The molecule has 1 aliphatic heterocycles. The van der Waals surface area contributed by atoms with Gasteiger partial charge < -0.3 is 5.32 Å². The second kappa shape index (κ2) is 11.7. The number of amidine groups is 1. The molecular formula is C43H31N3S. The average molecular weight is 622 g/mol. The first-order valence-electron chi connectivity index (χ1n) is 16.0. The number of benzene rings is 7. The van der Waals surface area contributed by atoms with Crippen LogP contribution < -0.4 is 10.6 Å². The number of fused-ring (bicyclic) bond motifs is 4. The van der Waals surface area contributed by atoms with Crippen LogP contribution >= 0.6 is 11.3 Å². The van der Waals surface area contributed by atoms with E-state index in [1.807, 2.05) is 17.4 Å². The lowest BCUT2D eigenvalue weighted by Gasteiger charge is -2.32. The second-order valence-corrected chi connectivity index (χ2v) is 13.1. The highest BCUT2D eigenvalue weighted by atomic mass is 32.1. The Kier molecular flexibility index (Phi) is 6.89. The minimum Gasteiger partial charge on any atom is -0.350 e. The standard InChI is InChI=1S/C43H31N3S/c1-3-11-28(12-4-1)29-21-23-32(24-22-29)42-44-41(31-14-5-2-6-15-31)45-43(46-42)36-19-10-20-39-40(36)37-27-33(25-26-38(37)47-39)35-18-9-16-30-13-7-8-17-34(30)35/h1-27,42-43,46H,(H,44,45). The Hall–Kier alpha value is -5.55. The summed E-state index contributed by atoms with van der Waals surface area (Å²) in [5.41, 5.74) is 8.32. The molecule has 0 amide bonds. The molecule has 0 spiro atoms. The Labute approximate surface area is 277 Å². The van der Waals surface area contributed by atoms with Crippen molar-refractivity contribution in [3.8, 4) is 22.3 Å². The molecule has 2 heterocycles. The van der Waals surface area contributed by atoms with Crippen molar-refractivity contribution in [2.45, 2.75) is 12.3 Å². The van der Waals surface area contributed by atoms with Crippen LogP contribution in [0.4, 0.5) is 0 Å². The summed E-state index contributed by atoms with van der Waals surface area (Å²) in [7, 11) is 0. The maximum Gasteiger partial charge on any atom is 0.131 e. The highest BCUT2D eigenvalue weighted by Gasteiger charge is 2.27. The third-order valence-corrected chi connectivity index (χ3v) is 10.3. The molecule has 47 heavy (non-hydrogen) atoms. The number of rotatable bonds is 5. The maximum atomic E-state index is 5.21. The summed E-state index contributed by atoms with van der Waals surface area (Å²) in [5.74, 6) is 0.888. The number of hydrogen-bond acceptors (Lipinski definition) is 4. The summed E-state index contributed by atoms with van der Waals surface area (Å²) in [5, 5.41) is 12.7. The van der Waals surface area contributed by atoms with Gasteiger partial charge in [0.1, 0.15) is 18.2 Å². The van der Waals surface area contributed by atoms with Crippen LogP contribution in [-0.4, -0.2) is 5.84 Å². The molecule has 7 aromatic carbocycles. The Balaban J connectivity index is 1.15. The summed E-state index contributed by atoms with van der Waals surface area (Å²) in [6, 6.07) is 58.6. The van der Waals surface area contributed by atoms with Gasteiger partial charge in [-0.3, -0.25) is 5.32 Å². The van der Waals surface area contributed by atoms with E-state index >= 15 is 0 Å². The van der Waals surface area contributed by atoms with Crippen molar-refractivity contribution in [3.63, 3.8) is 0 Å². The molecule has 8 aromatic rings. The van der Waals surface area contributed by atoms with E-state index < -0.39 is 0 Å². The maximum absolute atomic E-state index is 5.21. The first kappa shape index (κ1) is 27.7. The lowest BCUT2D eigenvalue weighted by Crippen LogP contribution is -2.45. The molecule has 0 aliphatic carbocycles. The summed E-state index contributed by atoms with van der Waals surface area (Å²) >= 11 is 1.86. The zero-order chi connectivity index (χ0) is 31.2. The molecular weight excluding hydrogens is 591 g/mol. The molecule has 9 rings (SSSR count). The molecule has 3 nitrogen and oxygen atoms in total. The molecule has 0 fully saturated rings. The van der Waals surface area contributed by atoms with Crippen molar-refractivity contribution in [2.75, 3.05) is 0 Å². The highest BCUT2D eigenvalue weighted by Crippen LogP contribution is 2.41.